The van der Waals surface area contributed by atoms with Gasteiger partial charge in [-0.1, -0.05) is 57.2 Å². The molecule has 1 aliphatic rings. The standard InChI is InChI=1S/C25H30N2O4/c1-25(2,3)19-13-11-18(12-14-19)24(30)26-15-23(29)31-16-22(28)27-21-10-6-8-17-7-4-5-9-20(17)21/h4-5,7,9,11-14,21H,6,8,10,15-16H2,1-3H3,(H,26,30)(H,27,28)/t21-/m1/s1. The Morgan fingerprint density at radius 2 is 1.74 bits per heavy atom. The molecule has 3 rings (SSSR count). The minimum atomic E-state index is -0.654. The molecule has 0 bridgehead atoms. The number of hydrogen-bond acceptors (Lipinski definition) is 4. The Hall–Kier alpha value is -3.15. The molecular weight excluding hydrogens is 392 g/mol. The van der Waals surface area contributed by atoms with Crippen molar-refractivity contribution in [3.8, 4) is 0 Å². The predicted octanol–water partition coefficient (Wildman–Crippen LogP) is 3.45. The zero-order chi connectivity index (χ0) is 22.4. The quantitative estimate of drug-likeness (QED) is 0.699. The highest BCUT2D eigenvalue weighted by Crippen LogP contribution is 2.29. The lowest BCUT2D eigenvalue weighted by atomic mass is 9.87. The van der Waals surface area contributed by atoms with Crippen molar-refractivity contribution >= 4 is 17.8 Å². The van der Waals surface area contributed by atoms with Crippen LogP contribution in [0.25, 0.3) is 0 Å². The molecule has 0 saturated carbocycles. The van der Waals surface area contributed by atoms with Gasteiger partial charge in [-0.15, -0.1) is 0 Å². The average Bonchev–Trinajstić information content (AvgIpc) is 2.76. The van der Waals surface area contributed by atoms with Gasteiger partial charge in [0.1, 0.15) is 6.54 Å². The molecule has 6 nitrogen and oxygen atoms in total. The van der Waals surface area contributed by atoms with E-state index in [1.165, 1.54) is 5.56 Å². The molecule has 0 saturated heterocycles. The summed E-state index contributed by atoms with van der Waals surface area (Å²) >= 11 is 0. The minimum Gasteiger partial charge on any atom is -0.454 e. The topological polar surface area (TPSA) is 84.5 Å². The van der Waals surface area contributed by atoms with Crippen molar-refractivity contribution in [2.45, 2.75) is 51.5 Å². The molecule has 2 aromatic rings. The largest absolute Gasteiger partial charge is 0.454 e. The summed E-state index contributed by atoms with van der Waals surface area (Å²) in [5, 5.41) is 5.46. The third kappa shape index (κ3) is 6.17. The first kappa shape index (κ1) is 22.5. The van der Waals surface area contributed by atoms with Crippen LogP contribution in [-0.4, -0.2) is 30.9 Å². The Bertz CT molecular complexity index is 945. The molecule has 0 spiro atoms. The van der Waals surface area contributed by atoms with Gasteiger partial charge in [0.05, 0.1) is 6.04 Å². The number of carbonyl (C=O) groups excluding carboxylic acids is 3. The minimum absolute atomic E-state index is 0.000903. The first-order valence-corrected chi connectivity index (χ1v) is 10.7. The lowest BCUT2D eigenvalue weighted by Crippen LogP contribution is -2.36. The highest BCUT2D eigenvalue weighted by atomic mass is 16.5. The van der Waals surface area contributed by atoms with E-state index in [4.69, 9.17) is 4.74 Å². The van der Waals surface area contributed by atoms with Crippen LogP contribution >= 0.6 is 0 Å². The molecule has 6 heteroatoms. The van der Waals surface area contributed by atoms with Crippen molar-refractivity contribution < 1.29 is 19.1 Å². The smallest absolute Gasteiger partial charge is 0.325 e. The van der Waals surface area contributed by atoms with Gasteiger partial charge in [0.15, 0.2) is 6.61 Å². The number of fused-ring (bicyclic) bond motifs is 1. The summed E-state index contributed by atoms with van der Waals surface area (Å²) in [5.74, 6) is -1.36. The molecule has 164 valence electrons. The van der Waals surface area contributed by atoms with Gasteiger partial charge in [-0.25, -0.2) is 0 Å². The molecule has 0 fully saturated rings. The second-order valence-electron chi connectivity index (χ2n) is 8.88. The average molecular weight is 423 g/mol. The number of esters is 1. The summed E-state index contributed by atoms with van der Waals surface area (Å²) in [6.07, 6.45) is 2.88. The van der Waals surface area contributed by atoms with Crippen LogP contribution in [0, 0.1) is 0 Å². The van der Waals surface area contributed by atoms with Crippen molar-refractivity contribution in [3.63, 3.8) is 0 Å². The van der Waals surface area contributed by atoms with E-state index in [1.807, 2.05) is 30.3 Å². The number of aryl methyl sites for hydroxylation is 1. The van der Waals surface area contributed by atoms with Crippen molar-refractivity contribution in [1.82, 2.24) is 10.6 Å². The molecule has 2 amide bonds. The molecule has 0 aliphatic heterocycles. The Balaban J connectivity index is 1.42. The molecule has 1 atom stereocenters. The van der Waals surface area contributed by atoms with Crippen molar-refractivity contribution in [1.29, 1.82) is 0 Å². The van der Waals surface area contributed by atoms with Crippen LogP contribution in [-0.2, 0) is 26.2 Å². The second kappa shape index (κ2) is 9.77. The van der Waals surface area contributed by atoms with E-state index in [9.17, 15) is 14.4 Å². The summed E-state index contributed by atoms with van der Waals surface area (Å²) in [5.41, 5.74) is 3.95. The molecule has 0 heterocycles. The summed E-state index contributed by atoms with van der Waals surface area (Å²) in [7, 11) is 0. The van der Waals surface area contributed by atoms with Crippen LogP contribution in [0.2, 0.25) is 0 Å². The number of rotatable bonds is 6. The maximum absolute atomic E-state index is 12.2. The number of benzene rings is 2. The summed E-state index contributed by atoms with van der Waals surface area (Å²) in [4.78, 5) is 36.4. The summed E-state index contributed by atoms with van der Waals surface area (Å²) in [6, 6.07) is 15.3. The molecule has 1 aliphatic carbocycles. The lowest BCUT2D eigenvalue weighted by Gasteiger charge is -2.26. The molecule has 0 radical (unpaired) electrons. The van der Waals surface area contributed by atoms with E-state index >= 15 is 0 Å². The van der Waals surface area contributed by atoms with Crippen molar-refractivity contribution in [2.75, 3.05) is 13.2 Å². The van der Waals surface area contributed by atoms with Crippen LogP contribution in [0.3, 0.4) is 0 Å². The van der Waals surface area contributed by atoms with Gasteiger partial charge in [0.2, 0.25) is 0 Å². The van der Waals surface area contributed by atoms with Gasteiger partial charge in [0.25, 0.3) is 11.8 Å². The first-order valence-electron chi connectivity index (χ1n) is 10.7. The van der Waals surface area contributed by atoms with Gasteiger partial charge >= 0.3 is 5.97 Å². The third-order valence-electron chi connectivity index (χ3n) is 5.48. The van der Waals surface area contributed by atoms with Crippen LogP contribution in [0.15, 0.2) is 48.5 Å². The summed E-state index contributed by atoms with van der Waals surface area (Å²) < 4.78 is 5.02. The highest BCUT2D eigenvalue weighted by molar-refractivity contribution is 5.96. The lowest BCUT2D eigenvalue weighted by molar-refractivity contribution is -0.147. The Morgan fingerprint density at radius 3 is 2.45 bits per heavy atom. The molecule has 2 N–H and O–H groups in total. The van der Waals surface area contributed by atoms with Crippen LogP contribution in [0.1, 0.15) is 66.7 Å². The van der Waals surface area contributed by atoms with Gasteiger partial charge in [-0.3, -0.25) is 14.4 Å². The van der Waals surface area contributed by atoms with Crippen LogP contribution < -0.4 is 10.6 Å². The highest BCUT2D eigenvalue weighted by Gasteiger charge is 2.22. The predicted molar refractivity (Wildman–Crippen MR) is 119 cm³/mol. The number of amides is 2. The Kier molecular flexibility index (Phi) is 7.10. The van der Waals surface area contributed by atoms with E-state index < -0.39 is 5.97 Å². The molecular formula is C25H30N2O4. The number of carbonyl (C=O) groups is 3. The SMILES string of the molecule is CC(C)(C)c1ccc(C(=O)NCC(=O)OCC(=O)N[C@@H]2CCCc3ccccc32)cc1. The maximum Gasteiger partial charge on any atom is 0.325 e. The first-order chi connectivity index (χ1) is 14.7. The molecule has 0 aromatic heterocycles. The monoisotopic (exact) mass is 422 g/mol. The molecule has 31 heavy (non-hydrogen) atoms. The fourth-order valence-electron chi connectivity index (χ4n) is 3.71. The van der Waals surface area contributed by atoms with E-state index in [-0.39, 0.29) is 36.4 Å². The fourth-order valence-corrected chi connectivity index (χ4v) is 3.71. The molecule has 0 unspecified atom stereocenters. The van der Waals surface area contributed by atoms with Crippen LogP contribution in [0.5, 0.6) is 0 Å². The van der Waals surface area contributed by atoms with E-state index in [2.05, 4.69) is 37.5 Å². The Labute approximate surface area is 183 Å². The number of hydrogen-bond donors (Lipinski definition) is 2. The van der Waals surface area contributed by atoms with Crippen molar-refractivity contribution in [3.05, 3.63) is 70.8 Å². The zero-order valence-electron chi connectivity index (χ0n) is 18.4. The van der Waals surface area contributed by atoms with Crippen LogP contribution in [0.4, 0.5) is 0 Å². The number of nitrogens with one attached hydrogen (secondary N) is 2. The van der Waals surface area contributed by atoms with Gasteiger partial charge in [0, 0.05) is 5.56 Å². The number of ether oxygens (including phenoxy) is 1. The third-order valence-corrected chi connectivity index (χ3v) is 5.48. The van der Waals surface area contributed by atoms with Gasteiger partial charge < -0.3 is 15.4 Å². The normalized spacial score (nSPS) is 15.5. The van der Waals surface area contributed by atoms with Crippen molar-refractivity contribution in [2.24, 2.45) is 0 Å². The van der Waals surface area contributed by atoms with Gasteiger partial charge in [-0.05, 0) is 53.5 Å². The molecule has 2 aromatic carbocycles. The van der Waals surface area contributed by atoms with E-state index in [1.54, 1.807) is 12.1 Å². The summed E-state index contributed by atoms with van der Waals surface area (Å²) in [6.45, 7) is 5.64. The second-order valence-corrected chi connectivity index (χ2v) is 8.88. The van der Waals surface area contributed by atoms with E-state index in [0.29, 0.717) is 5.56 Å². The maximum atomic E-state index is 12.2. The zero-order valence-corrected chi connectivity index (χ0v) is 18.4. The van der Waals surface area contributed by atoms with Gasteiger partial charge in [-0.2, -0.15) is 0 Å². The van der Waals surface area contributed by atoms with E-state index in [0.717, 1.165) is 30.4 Å². The Morgan fingerprint density at radius 1 is 1.03 bits per heavy atom. The fraction of sp³-hybridized carbons (Fsp3) is 0.400.